The second-order valence-electron chi connectivity index (χ2n) is 4.49. The van der Waals surface area contributed by atoms with Crippen LogP contribution in [0.2, 0.25) is 0 Å². The summed E-state index contributed by atoms with van der Waals surface area (Å²) in [6, 6.07) is 10.9. The van der Waals surface area contributed by atoms with E-state index in [1.165, 1.54) is 0 Å². The van der Waals surface area contributed by atoms with Gasteiger partial charge < -0.3 is 9.84 Å². The Morgan fingerprint density at radius 2 is 2.00 bits per heavy atom. The van der Waals surface area contributed by atoms with E-state index in [0.29, 0.717) is 24.4 Å². The van der Waals surface area contributed by atoms with E-state index in [9.17, 15) is 5.11 Å². The molecule has 0 bridgehead atoms. The predicted molar refractivity (Wildman–Crippen MR) is 75.0 cm³/mol. The number of rotatable bonds is 8. The van der Waals surface area contributed by atoms with Gasteiger partial charge in [-0.05, 0) is 37.2 Å². The molecule has 0 saturated heterocycles. The molecule has 1 unspecified atom stereocenters. The summed E-state index contributed by atoms with van der Waals surface area (Å²) in [5, 5.41) is 27.3. The lowest BCUT2D eigenvalue weighted by Crippen LogP contribution is -2.36. The van der Waals surface area contributed by atoms with Gasteiger partial charge in [0.05, 0.1) is 24.2 Å². The van der Waals surface area contributed by atoms with Crippen LogP contribution in [0, 0.1) is 22.7 Å². The topological polar surface area (TPSA) is 80.3 Å². The van der Waals surface area contributed by atoms with Crippen LogP contribution < -0.4 is 4.74 Å². The first kappa shape index (κ1) is 16.0. The molecule has 5 nitrogen and oxygen atoms in total. The largest absolute Gasteiger partial charge is 0.491 e. The van der Waals surface area contributed by atoms with Crippen LogP contribution in [0.4, 0.5) is 0 Å². The number of ether oxygens (including phenoxy) is 1. The van der Waals surface area contributed by atoms with Crippen LogP contribution in [0.5, 0.6) is 5.75 Å². The number of aliphatic hydroxyl groups excluding tert-OH is 1. The smallest absolute Gasteiger partial charge is 0.119 e. The van der Waals surface area contributed by atoms with Crippen molar-refractivity contribution in [3.8, 4) is 17.9 Å². The molecule has 0 aromatic heterocycles. The van der Waals surface area contributed by atoms with Crippen molar-refractivity contribution in [1.82, 2.24) is 4.90 Å². The molecule has 106 valence electrons. The van der Waals surface area contributed by atoms with Gasteiger partial charge >= 0.3 is 0 Å². The molecule has 1 atom stereocenters. The van der Waals surface area contributed by atoms with E-state index in [0.717, 1.165) is 13.0 Å². The summed E-state index contributed by atoms with van der Waals surface area (Å²) >= 11 is 0. The van der Waals surface area contributed by atoms with Crippen LogP contribution in [0.25, 0.3) is 0 Å². The van der Waals surface area contributed by atoms with Crippen molar-refractivity contribution in [3.05, 3.63) is 29.8 Å². The summed E-state index contributed by atoms with van der Waals surface area (Å²) in [6.45, 7) is 3.70. The molecule has 1 rings (SSSR count). The monoisotopic (exact) mass is 273 g/mol. The third-order valence-corrected chi connectivity index (χ3v) is 2.73. The minimum atomic E-state index is -0.648. The molecular weight excluding hydrogens is 254 g/mol. The van der Waals surface area contributed by atoms with Crippen molar-refractivity contribution in [1.29, 1.82) is 10.5 Å². The number of nitriles is 2. The Morgan fingerprint density at radius 1 is 1.30 bits per heavy atom. The van der Waals surface area contributed by atoms with Gasteiger partial charge in [-0.15, -0.1) is 0 Å². The van der Waals surface area contributed by atoms with Crippen LogP contribution in [-0.4, -0.2) is 42.4 Å². The molecule has 0 radical (unpaired) electrons. The lowest BCUT2D eigenvalue weighted by atomic mass is 10.2. The second kappa shape index (κ2) is 8.92. The molecule has 0 heterocycles. The van der Waals surface area contributed by atoms with E-state index in [1.807, 2.05) is 17.9 Å². The number of hydrogen-bond donors (Lipinski definition) is 1. The maximum absolute atomic E-state index is 9.91. The van der Waals surface area contributed by atoms with Crippen molar-refractivity contribution < 1.29 is 9.84 Å². The number of aliphatic hydroxyl groups is 1. The van der Waals surface area contributed by atoms with Gasteiger partial charge in [0.1, 0.15) is 18.5 Å². The average molecular weight is 273 g/mol. The van der Waals surface area contributed by atoms with E-state index >= 15 is 0 Å². The molecule has 0 spiro atoms. The molecule has 1 aromatic rings. The summed E-state index contributed by atoms with van der Waals surface area (Å²) in [4.78, 5) is 1.90. The Labute approximate surface area is 119 Å². The molecule has 0 amide bonds. The fraction of sp³-hybridized carbons (Fsp3) is 0.467. The van der Waals surface area contributed by atoms with Gasteiger partial charge in [-0.2, -0.15) is 10.5 Å². The first-order valence-corrected chi connectivity index (χ1v) is 6.60. The minimum Gasteiger partial charge on any atom is -0.491 e. The van der Waals surface area contributed by atoms with Crippen molar-refractivity contribution >= 4 is 0 Å². The number of nitrogens with zero attached hydrogens (tertiary/aromatic N) is 3. The van der Waals surface area contributed by atoms with Crippen molar-refractivity contribution in [2.45, 2.75) is 19.4 Å². The lowest BCUT2D eigenvalue weighted by molar-refractivity contribution is 0.0724. The molecular formula is C15H19N3O2. The second-order valence-corrected chi connectivity index (χ2v) is 4.49. The summed E-state index contributed by atoms with van der Waals surface area (Å²) < 4.78 is 5.46. The van der Waals surface area contributed by atoms with E-state index < -0.39 is 6.10 Å². The Balaban J connectivity index is 2.39. The first-order chi connectivity index (χ1) is 9.69. The highest BCUT2D eigenvalue weighted by molar-refractivity contribution is 5.34. The van der Waals surface area contributed by atoms with Gasteiger partial charge in [0.2, 0.25) is 0 Å². The maximum atomic E-state index is 9.91. The van der Waals surface area contributed by atoms with Crippen LogP contribution >= 0.6 is 0 Å². The summed E-state index contributed by atoms with van der Waals surface area (Å²) in [5.41, 5.74) is 0.570. The molecule has 0 saturated carbocycles. The zero-order valence-electron chi connectivity index (χ0n) is 11.6. The quantitative estimate of drug-likeness (QED) is 0.727. The minimum absolute atomic E-state index is 0.164. The molecule has 0 aliphatic rings. The van der Waals surface area contributed by atoms with E-state index in [-0.39, 0.29) is 6.61 Å². The first-order valence-electron chi connectivity index (χ1n) is 6.60. The molecule has 5 heteroatoms. The third kappa shape index (κ3) is 5.71. The fourth-order valence-electron chi connectivity index (χ4n) is 1.82. The van der Waals surface area contributed by atoms with Crippen LogP contribution in [0.1, 0.15) is 18.9 Å². The van der Waals surface area contributed by atoms with Crippen LogP contribution in [0.3, 0.4) is 0 Å². The summed E-state index contributed by atoms with van der Waals surface area (Å²) in [6.07, 6.45) is 0.288. The SMILES string of the molecule is CCCN(CC#N)CC(O)COc1ccc(C#N)cc1. The highest BCUT2D eigenvalue weighted by Gasteiger charge is 2.11. The van der Waals surface area contributed by atoms with Crippen LogP contribution in [-0.2, 0) is 0 Å². The summed E-state index contributed by atoms with van der Waals surface area (Å²) in [7, 11) is 0. The van der Waals surface area contributed by atoms with Gasteiger partial charge in [-0.1, -0.05) is 6.92 Å². The Morgan fingerprint density at radius 3 is 2.55 bits per heavy atom. The molecule has 1 N–H and O–H groups in total. The van der Waals surface area contributed by atoms with Gasteiger partial charge in [0.25, 0.3) is 0 Å². The number of benzene rings is 1. The van der Waals surface area contributed by atoms with E-state index in [2.05, 4.69) is 6.07 Å². The van der Waals surface area contributed by atoms with Crippen molar-refractivity contribution in [3.63, 3.8) is 0 Å². The summed E-state index contributed by atoms with van der Waals surface area (Å²) in [5.74, 6) is 0.616. The standard InChI is InChI=1S/C15H19N3O2/c1-2-8-18(9-7-16)11-14(19)12-20-15-5-3-13(10-17)4-6-15/h3-6,14,19H,2,8-9,11-12H2,1H3. The van der Waals surface area contributed by atoms with Gasteiger partial charge in [-0.3, -0.25) is 4.90 Å². The van der Waals surface area contributed by atoms with Crippen molar-refractivity contribution in [2.24, 2.45) is 0 Å². The predicted octanol–water partition coefficient (Wildman–Crippen LogP) is 1.53. The third-order valence-electron chi connectivity index (χ3n) is 2.73. The zero-order valence-corrected chi connectivity index (χ0v) is 11.6. The molecule has 0 fully saturated rings. The zero-order chi connectivity index (χ0) is 14.8. The highest BCUT2D eigenvalue weighted by atomic mass is 16.5. The molecule has 0 aliphatic heterocycles. The van der Waals surface area contributed by atoms with Crippen LogP contribution in [0.15, 0.2) is 24.3 Å². The van der Waals surface area contributed by atoms with Gasteiger partial charge in [0.15, 0.2) is 0 Å². The Bertz CT molecular complexity index is 473. The van der Waals surface area contributed by atoms with E-state index in [4.69, 9.17) is 15.3 Å². The highest BCUT2D eigenvalue weighted by Crippen LogP contribution is 2.11. The average Bonchev–Trinajstić information content (AvgIpc) is 2.46. The fourth-order valence-corrected chi connectivity index (χ4v) is 1.82. The molecule has 1 aromatic carbocycles. The molecule has 20 heavy (non-hydrogen) atoms. The Hall–Kier alpha value is -2.08. The Kier molecular flexibility index (Phi) is 7.13. The van der Waals surface area contributed by atoms with Gasteiger partial charge in [0, 0.05) is 6.54 Å². The van der Waals surface area contributed by atoms with Gasteiger partial charge in [-0.25, -0.2) is 0 Å². The molecule has 0 aliphatic carbocycles. The van der Waals surface area contributed by atoms with E-state index in [1.54, 1.807) is 24.3 Å². The maximum Gasteiger partial charge on any atom is 0.119 e. The van der Waals surface area contributed by atoms with Crippen molar-refractivity contribution in [2.75, 3.05) is 26.2 Å². The number of hydrogen-bond acceptors (Lipinski definition) is 5. The normalized spacial score (nSPS) is 11.7. The lowest BCUT2D eigenvalue weighted by Gasteiger charge is -2.21.